The molecule has 5 rings (SSSR count). The van der Waals surface area contributed by atoms with Crippen molar-refractivity contribution in [2.75, 3.05) is 19.7 Å². The smallest absolute Gasteiger partial charge is 0.408 e. The number of nitrogens with one attached hydrogen (secondary N) is 3. The molecule has 340 valence electrons. The van der Waals surface area contributed by atoms with Crippen LogP contribution in [-0.2, 0) is 30.3 Å². The molecule has 3 aromatic rings. The number of carbonyl (C=O) groups is 5. The lowest BCUT2D eigenvalue weighted by atomic mass is 9.95. The average Bonchev–Trinajstić information content (AvgIpc) is 3.82. The number of hydrogen-bond donors (Lipinski definition) is 3. The van der Waals surface area contributed by atoms with E-state index in [-0.39, 0.29) is 36.3 Å². The van der Waals surface area contributed by atoms with Gasteiger partial charge in [0.1, 0.15) is 24.4 Å². The van der Waals surface area contributed by atoms with Crippen LogP contribution < -0.4 is 16.0 Å². The minimum absolute atomic E-state index is 0.0470. The van der Waals surface area contributed by atoms with Gasteiger partial charge >= 0.3 is 12.2 Å². The zero-order valence-corrected chi connectivity index (χ0v) is 38.5. The first kappa shape index (κ1) is 48.4. The highest BCUT2D eigenvalue weighted by Crippen LogP contribution is 2.44. The Bertz CT molecular complexity index is 1990. The van der Waals surface area contributed by atoms with E-state index in [1.54, 1.807) is 4.90 Å². The van der Waals surface area contributed by atoms with E-state index < -0.39 is 41.5 Å². The number of amides is 5. The highest BCUT2D eigenvalue weighted by Gasteiger charge is 2.40. The SMILES string of the molecule is CC(C)C[C@@H](/C=C/[C@H](Cc1ccccc1)C(=O)N1CCC[C@H]1N(C=O)[C@@H](CCCCNC(=O)OCC1c2ccccc2-c2ccccc21)C(=O)NC(C)(C)C)NC(=O)OC(C)(C)C. The highest BCUT2D eigenvalue weighted by molar-refractivity contribution is 5.85. The summed E-state index contributed by atoms with van der Waals surface area (Å²) in [7, 11) is 0. The Hall–Kier alpha value is -5.65. The summed E-state index contributed by atoms with van der Waals surface area (Å²) in [5, 5.41) is 8.90. The molecule has 1 saturated heterocycles. The molecule has 1 aliphatic heterocycles. The lowest BCUT2D eigenvalue weighted by Crippen LogP contribution is -2.58. The van der Waals surface area contributed by atoms with Crippen molar-refractivity contribution in [2.45, 2.75) is 136 Å². The van der Waals surface area contributed by atoms with Gasteiger partial charge < -0.3 is 35.2 Å². The van der Waals surface area contributed by atoms with Gasteiger partial charge in [0.2, 0.25) is 18.2 Å². The van der Waals surface area contributed by atoms with E-state index in [9.17, 15) is 24.0 Å². The number of ether oxygens (including phenoxy) is 2. The van der Waals surface area contributed by atoms with E-state index in [4.69, 9.17) is 9.47 Å². The molecule has 12 heteroatoms. The summed E-state index contributed by atoms with van der Waals surface area (Å²) in [6.07, 6.45) is 6.40. The van der Waals surface area contributed by atoms with Crippen LogP contribution in [0.3, 0.4) is 0 Å². The number of nitrogens with zero attached hydrogens (tertiary/aromatic N) is 2. The fourth-order valence-electron chi connectivity index (χ4n) is 8.58. The van der Waals surface area contributed by atoms with Crippen LogP contribution in [0.1, 0.15) is 117 Å². The Labute approximate surface area is 374 Å². The van der Waals surface area contributed by atoms with E-state index in [1.807, 2.05) is 108 Å². The monoisotopic (exact) mass is 864 g/mol. The molecular weight excluding hydrogens is 795 g/mol. The van der Waals surface area contributed by atoms with Crippen LogP contribution in [0, 0.1) is 11.8 Å². The molecule has 0 saturated carbocycles. The van der Waals surface area contributed by atoms with Crippen molar-refractivity contribution in [3.63, 3.8) is 0 Å². The molecule has 63 heavy (non-hydrogen) atoms. The van der Waals surface area contributed by atoms with Crippen LogP contribution in [0.2, 0.25) is 0 Å². The van der Waals surface area contributed by atoms with E-state index >= 15 is 0 Å². The summed E-state index contributed by atoms with van der Waals surface area (Å²) in [6.45, 7) is 16.2. The molecule has 3 N–H and O–H groups in total. The molecule has 1 aliphatic carbocycles. The summed E-state index contributed by atoms with van der Waals surface area (Å²) < 4.78 is 11.3. The van der Waals surface area contributed by atoms with Gasteiger partial charge in [-0.15, -0.1) is 0 Å². The molecule has 5 amide bonds. The number of alkyl carbamates (subject to hydrolysis) is 2. The normalized spacial score (nSPS) is 16.5. The van der Waals surface area contributed by atoms with Crippen molar-refractivity contribution in [3.05, 3.63) is 108 Å². The van der Waals surface area contributed by atoms with Gasteiger partial charge in [0, 0.05) is 24.5 Å². The first-order chi connectivity index (χ1) is 29.9. The van der Waals surface area contributed by atoms with Crippen molar-refractivity contribution < 1.29 is 33.4 Å². The zero-order chi connectivity index (χ0) is 45.7. The number of fused-ring (bicyclic) bond motifs is 3. The molecule has 1 fully saturated rings. The number of carbonyl (C=O) groups excluding carboxylic acids is 5. The van der Waals surface area contributed by atoms with Gasteiger partial charge in [0.05, 0.1) is 12.0 Å². The maximum Gasteiger partial charge on any atom is 0.408 e. The van der Waals surface area contributed by atoms with Gasteiger partial charge in [-0.05, 0) is 120 Å². The molecule has 2 aliphatic rings. The van der Waals surface area contributed by atoms with Crippen molar-refractivity contribution >= 4 is 30.4 Å². The number of hydrogen-bond acceptors (Lipinski definition) is 7. The van der Waals surface area contributed by atoms with Crippen LogP contribution in [0.5, 0.6) is 0 Å². The van der Waals surface area contributed by atoms with E-state index in [0.717, 1.165) is 27.8 Å². The lowest BCUT2D eigenvalue weighted by Gasteiger charge is -2.39. The highest BCUT2D eigenvalue weighted by atomic mass is 16.6. The fourth-order valence-corrected chi connectivity index (χ4v) is 8.58. The second-order valence-corrected chi connectivity index (χ2v) is 19.3. The van der Waals surface area contributed by atoms with E-state index in [0.29, 0.717) is 64.4 Å². The molecule has 0 radical (unpaired) electrons. The van der Waals surface area contributed by atoms with Crippen molar-refractivity contribution in [1.29, 1.82) is 0 Å². The molecule has 0 bridgehead atoms. The number of likely N-dealkylation sites (tertiary alicyclic amines) is 1. The first-order valence-electron chi connectivity index (χ1n) is 22.6. The van der Waals surface area contributed by atoms with Crippen molar-refractivity contribution in [3.8, 4) is 11.1 Å². The van der Waals surface area contributed by atoms with Crippen LogP contribution in [0.15, 0.2) is 91.0 Å². The maximum absolute atomic E-state index is 14.7. The average molecular weight is 864 g/mol. The predicted molar refractivity (Wildman–Crippen MR) is 247 cm³/mol. The van der Waals surface area contributed by atoms with Gasteiger partial charge in [0.15, 0.2) is 0 Å². The maximum atomic E-state index is 14.7. The largest absolute Gasteiger partial charge is 0.449 e. The third kappa shape index (κ3) is 14.2. The Balaban J connectivity index is 1.26. The second-order valence-electron chi connectivity index (χ2n) is 19.3. The minimum Gasteiger partial charge on any atom is -0.449 e. The van der Waals surface area contributed by atoms with Crippen molar-refractivity contribution in [1.82, 2.24) is 25.8 Å². The third-order valence-corrected chi connectivity index (χ3v) is 11.3. The molecule has 1 heterocycles. The van der Waals surface area contributed by atoms with Crippen LogP contribution in [-0.4, -0.2) is 89.3 Å². The van der Waals surface area contributed by atoms with Crippen molar-refractivity contribution in [2.24, 2.45) is 11.8 Å². The quantitative estimate of drug-likeness (QED) is 0.0621. The van der Waals surface area contributed by atoms with Gasteiger partial charge in [-0.25, -0.2) is 9.59 Å². The van der Waals surface area contributed by atoms with Gasteiger partial charge in [-0.3, -0.25) is 14.4 Å². The molecule has 0 aromatic heterocycles. The molecule has 3 aromatic carbocycles. The Morgan fingerprint density at radius 1 is 0.841 bits per heavy atom. The lowest BCUT2D eigenvalue weighted by molar-refractivity contribution is -0.147. The third-order valence-electron chi connectivity index (χ3n) is 11.3. The van der Waals surface area contributed by atoms with E-state index in [2.05, 4.69) is 54.1 Å². The molecule has 12 nitrogen and oxygen atoms in total. The summed E-state index contributed by atoms with van der Waals surface area (Å²) in [6, 6.07) is 24.9. The molecule has 4 atom stereocenters. The standard InChI is InChI=1S/C51H69N5O7/c1-35(2)31-38(53-49(61)63-51(6,7)8)28-27-37(32-36-19-10-9-11-20-36)47(59)55-30-18-26-45(55)56(34-57)44(46(58)54-50(3,4)5)25-16-17-29-52-48(60)62-33-43-41-23-14-12-21-39(41)40-22-13-15-24-42(40)43/h9-15,19-24,27-28,34-35,37-38,43-45H,16-18,25-26,29-33H2,1-8H3,(H,52,60)(H,53,61)(H,54,58)/b28-27+/t37-,38-,44+,45-/m1/s1. The number of rotatable bonds is 19. The fraction of sp³-hybridized carbons (Fsp3) is 0.510. The number of benzene rings is 3. The van der Waals surface area contributed by atoms with Gasteiger partial charge in [-0.1, -0.05) is 105 Å². The molecule has 0 unspecified atom stereocenters. The van der Waals surface area contributed by atoms with Gasteiger partial charge in [0.25, 0.3) is 0 Å². The zero-order valence-electron chi connectivity index (χ0n) is 38.5. The predicted octanol–water partition coefficient (Wildman–Crippen LogP) is 8.74. The summed E-state index contributed by atoms with van der Waals surface area (Å²) in [5.74, 6) is -0.866. The first-order valence-corrected chi connectivity index (χ1v) is 22.6. The topological polar surface area (TPSA) is 146 Å². The van der Waals surface area contributed by atoms with E-state index in [1.165, 1.54) is 4.90 Å². The minimum atomic E-state index is -0.855. The Kier molecular flexibility index (Phi) is 17.0. The summed E-state index contributed by atoms with van der Waals surface area (Å²) in [5.41, 5.74) is 4.33. The Morgan fingerprint density at radius 3 is 2.08 bits per heavy atom. The van der Waals surface area contributed by atoms with Crippen LogP contribution in [0.25, 0.3) is 11.1 Å². The van der Waals surface area contributed by atoms with Crippen LogP contribution in [0.4, 0.5) is 9.59 Å². The number of unbranched alkanes of at least 4 members (excludes halogenated alkanes) is 1. The second kappa shape index (κ2) is 22.1. The van der Waals surface area contributed by atoms with Gasteiger partial charge in [-0.2, -0.15) is 0 Å². The summed E-state index contributed by atoms with van der Waals surface area (Å²) in [4.78, 5) is 70.8. The Morgan fingerprint density at radius 2 is 1.48 bits per heavy atom. The van der Waals surface area contributed by atoms with Crippen LogP contribution >= 0.6 is 0 Å². The molecule has 0 spiro atoms. The molecular formula is C51H69N5O7. The summed E-state index contributed by atoms with van der Waals surface area (Å²) >= 11 is 0.